The highest BCUT2D eigenvalue weighted by molar-refractivity contribution is 7.99. The Morgan fingerprint density at radius 3 is 3.19 bits per heavy atom. The van der Waals surface area contributed by atoms with E-state index in [0.717, 1.165) is 12.4 Å². The quantitative estimate of drug-likeness (QED) is 0.729. The SMILES string of the molecule is CCSCCCn1ccnc1-c1cccs1. The lowest BCUT2D eigenvalue weighted by molar-refractivity contribution is 0.691. The van der Waals surface area contributed by atoms with Gasteiger partial charge in [0, 0.05) is 18.9 Å². The molecule has 0 aliphatic rings. The minimum absolute atomic E-state index is 1.07. The molecule has 0 spiro atoms. The van der Waals surface area contributed by atoms with Crippen molar-refractivity contribution in [3.05, 3.63) is 29.9 Å². The third-order valence-corrected chi connectivity index (χ3v) is 4.20. The van der Waals surface area contributed by atoms with Gasteiger partial charge < -0.3 is 4.57 Å². The highest BCUT2D eigenvalue weighted by atomic mass is 32.2. The van der Waals surface area contributed by atoms with Gasteiger partial charge in [0.25, 0.3) is 0 Å². The molecular weight excluding hydrogens is 236 g/mol. The molecule has 16 heavy (non-hydrogen) atoms. The largest absolute Gasteiger partial charge is 0.330 e. The molecule has 2 nitrogen and oxygen atoms in total. The number of imidazole rings is 1. The Morgan fingerprint density at radius 2 is 2.44 bits per heavy atom. The zero-order chi connectivity index (χ0) is 11.2. The van der Waals surface area contributed by atoms with E-state index in [1.54, 1.807) is 11.3 Å². The minimum Gasteiger partial charge on any atom is -0.330 e. The van der Waals surface area contributed by atoms with E-state index in [9.17, 15) is 0 Å². The zero-order valence-corrected chi connectivity index (χ0v) is 11.1. The van der Waals surface area contributed by atoms with Crippen LogP contribution in [0.15, 0.2) is 29.9 Å². The van der Waals surface area contributed by atoms with Gasteiger partial charge in [0.05, 0.1) is 4.88 Å². The number of rotatable bonds is 6. The maximum atomic E-state index is 4.42. The van der Waals surface area contributed by atoms with Gasteiger partial charge in [0.1, 0.15) is 5.82 Å². The fraction of sp³-hybridized carbons (Fsp3) is 0.417. The highest BCUT2D eigenvalue weighted by Gasteiger charge is 2.05. The summed E-state index contributed by atoms with van der Waals surface area (Å²) in [4.78, 5) is 5.68. The van der Waals surface area contributed by atoms with Gasteiger partial charge in [0.2, 0.25) is 0 Å². The number of nitrogens with zero attached hydrogens (tertiary/aromatic N) is 2. The second-order valence-corrected chi connectivity index (χ2v) is 5.81. The molecule has 2 heterocycles. The normalized spacial score (nSPS) is 10.8. The van der Waals surface area contributed by atoms with E-state index < -0.39 is 0 Å². The monoisotopic (exact) mass is 252 g/mol. The summed E-state index contributed by atoms with van der Waals surface area (Å²) in [6.45, 7) is 3.28. The summed E-state index contributed by atoms with van der Waals surface area (Å²) < 4.78 is 2.25. The van der Waals surface area contributed by atoms with Crippen molar-refractivity contribution in [2.24, 2.45) is 0 Å². The lowest BCUT2D eigenvalue weighted by atomic mass is 10.4. The van der Waals surface area contributed by atoms with Gasteiger partial charge in [-0.15, -0.1) is 11.3 Å². The molecule has 2 rings (SSSR count). The van der Waals surface area contributed by atoms with Crippen molar-refractivity contribution in [3.63, 3.8) is 0 Å². The molecule has 0 aliphatic carbocycles. The predicted molar refractivity (Wildman–Crippen MR) is 73.2 cm³/mol. The zero-order valence-electron chi connectivity index (χ0n) is 9.43. The Kier molecular flexibility index (Phi) is 4.48. The van der Waals surface area contributed by atoms with Crippen LogP contribution in [-0.2, 0) is 6.54 Å². The van der Waals surface area contributed by atoms with E-state index in [2.05, 4.69) is 40.2 Å². The molecule has 0 saturated carbocycles. The van der Waals surface area contributed by atoms with Gasteiger partial charge in [-0.05, 0) is 29.4 Å². The highest BCUT2D eigenvalue weighted by Crippen LogP contribution is 2.23. The van der Waals surface area contributed by atoms with E-state index in [4.69, 9.17) is 0 Å². The van der Waals surface area contributed by atoms with Crippen LogP contribution < -0.4 is 0 Å². The average molecular weight is 252 g/mol. The van der Waals surface area contributed by atoms with Crippen LogP contribution in [0.1, 0.15) is 13.3 Å². The third-order valence-electron chi connectivity index (χ3n) is 2.35. The van der Waals surface area contributed by atoms with Crippen molar-refractivity contribution in [1.82, 2.24) is 9.55 Å². The van der Waals surface area contributed by atoms with Crippen LogP contribution in [0.25, 0.3) is 10.7 Å². The van der Waals surface area contributed by atoms with Crippen molar-refractivity contribution in [3.8, 4) is 10.7 Å². The molecule has 0 aliphatic heterocycles. The molecule has 2 aromatic heterocycles. The molecule has 2 aromatic rings. The predicted octanol–water partition coefficient (Wildman–Crippen LogP) is 3.75. The number of thiophene rings is 1. The van der Waals surface area contributed by atoms with Crippen LogP contribution in [0.5, 0.6) is 0 Å². The minimum atomic E-state index is 1.07. The van der Waals surface area contributed by atoms with Crippen molar-refractivity contribution < 1.29 is 0 Å². The van der Waals surface area contributed by atoms with Gasteiger partial charge in [-0.1, -0.05) is 13.0 Å². The number of aromatic nitrogens is 2. The van der Waals surface area contributed by atoms with Gasteiger partial charge in [-0.3, -0.25) is 0 Å². The smallest absolute Gasteiger partial charge is 0.149 e. The molecule has 4 heteroatoms. The van der Waals surface area contributed by atoms with E-state index >= 15 is 0 Å². The summed E-state index contributed by atoms with van der Waals surface area (Å²) in [6.07, 6.45) is 5.18. The molecule has 0 radical (unpaired) electrons. The number of hydrogen-bond donors (Lipinski definition) is 0. The van der Waals surface area contributed by atoms with Crippen molar-refractivity contribution in [1.29, 1.82) is 0 Å². The summed E-state index contributed by atoms with van der Waals surface area (Å²) in [5.74, 6) is 3.55. The van der Waals surface area contributed by atoms with Crippen molar-refractivity contribution in [2.45, 2.75) is 19.9 Å². The molecule has 0 amide bonds. The molecule has 0 aromatic carbocycles. The fourth-order valence-corrected chi connectivity index (χ4v) is 2.96. The van der Waals surface area contributed by atoms with Gasteiger partial charge in [-0.25, -0.2) is 4.98 Å². The van der Waals surface area contributed by atoms with E-state index in [1.165, 1.54) is 22.8 Å². The maximum absolute atomic E-state index is 4.42. The van der Waals surface area contributed by atoms with Gasteiger partial charge in [-0.2, -0.15) is 11.8 Å². The molecule has 0 unspecified atom stereocenters. The Bertz CT molecular complexity index is 406. The summed E-state index contributed by atoms with van der Waals surface area (Å²) in [6, 6.07) is 4.20. The summed E-state index contributed by atoms with van der Waals surface area (Å²) in [5.41, 5.74) is 0. The van der Waals surface area contributed by atoms with E-state index in [-0.39, 0.29) is 0 Å². The first-order valence-corrected chi connectivity index (χ1v) is 7.58. The van der Waals surface area contributed by atoms with Crippen LogP contribution in [0.4, 0.5) is 0 Å². The molecule has 0 fully saturated rings. The molecule has 0 atom stereocenters. The Hall–Kier alpha value is -0.740. The summed E-state index contributed by atoms with van der Waals surface area (Å²) >= 11 is 3.75. The van der Waals surface area contributed by atoms with Crippen LogP contribution in [0.3, 0.4) is 0 Å². The first-order valence-electron chi connectivity index (χ1n) is 5.54. The summed E-state index contributed by atoms with van der Waals surface area (Å²) in [5, 5.41) is 2.10. The van der Waals surface area contributed by atoms with Crippen LogP contribution in [-0.4, -0.2) is 21.1 Å². The molecule has 0 N–H and O–H groups in total. The summed E-state index contributed by atoms with van der Waals surface area (Å²) in [7, 11) is 0. The van der Waals surface area contributed by atoms with Crippen LogP contribution >= 0.6 is 23.1 Å². The Morgan fingerprint density at radius 1 is 1.50 bits per heavy atom. The second-order valence-electron chi connectivity index (χ2n) is 3.47. The average Bonchev–Trinajstić information content (AvgIpc) is 2.94. The molecular formula is C12H16N2S2. The lowest BCUT2D eigenvalue weighted by Gasteiger charge is -2.05. The molecule has 0 bridgehead atoms. The van der Waals surface area contributed by atoms with E-state index in [1.807, 2.05) is 18.0 Å². The van der Waals surface area contributed by atoms with Gasteiger partial charge in [0.15, 0.2) is 0 Å². The molecule has 86 valence electrons. The third kappa shape index (κ3) is 2.89. The van der Waals surface area contributed by atoms with Crippen LogP contribution in [0.2, 0.25) is 0 Å². The second kappa shape index (κ2) is 6.11. The topological polar surface area (TPSA) is 17.8 Å². The standard InChI is InChI=1S/C12H16N2S2/c1-2-15-9-4-7-14-8-6-13-12(14)11-5-3-10-16-11/h3,5-6,8,10H,2,4,7,9H2,1H3. The van der Waals surface area contributed by atoms with Crippen molar-refractivity contribution >= 4 is 23.1 Å². The first-order chi connectivity index (χ1) is 7.92. The number of thioether (sulfide) groups is 1. The fourth-order valence-electron chi connectivity index (χ4n) is 1.60. The lowest BCUT2D eigenvalue weighted by Crippen LogP contribution is -1.99. The molecule has 0 saturated heterocycles. The first kappa shape index (κ1) is 11.7. The maximum Gasteiger partial charge on any atom is 0.149 e. The van der Waals surface area contributed by atoms with E-state index in [0.29, 0.717) is 0 Å². The Balaban J connectivity index is 1.97. The van der Waals surface area contributed by atoms with Gasteiger partial charge >= 0.3 is 0 Å². The van der Waals surface area contributed by atoms with Crippen LogP contribution in [0, 0.1) is 0 Å². The Labute approximate surface area is 105 Å². The number of hydrogen-bond acceptors (Lipinski definition) is 3. The van der Waals surface area contributed by atoms with Crippen molar-refractivity contribution in [2.75, 3.05) is 11.5 Å². The number of aryl methyl sites for hydroxylation is 1.